The SMILES string of the molecule is Cc1nc(SCc2ccc(C(=O)c3ccc(CN(C)C)cc3)cc2)n(C)c(=O)c1C. The molecule has 0 amide bonds. The van der Waals surface area contributed by atoms with Gasteiger partial charge in [0.1, 0.15) is 0 Å². The minimum absolute atomic E-state index is 0.0115. The van der Waals surface area contributed by atoms with Crippen molar-refractivity contribution >= 4 is 17.5 Å². The third-order valence-electron chi connectivity index (χ3n) is 5.02. The Hall–Kier alpha value is -2.70. The number of aryl methyl sites for hydroxylation is 1. The van der Waals surface area contributed by atoms with Crippen molar-refractivity contribution in [2.45, 2.75) is 31.3 Å². The largest absolute Gasteiger partial charge is 0.305 e. The van der Waals surface area contributed by atoms with Crippen molar-refractivity contribution in [3.63, 3.8) is 0 Å². The zero-order valence-corrected chi connectivity index (χ0v) is 18.9. The number of aromatic nitrogens is 2. The van der Waals surface area contributed by atoms with Crippen LogP contribution >= 0.6 is 11.8 Å². The Labute approximate surface area is 181 Å². The molecular weight excluding hydrogens is 394 g/mol. The monoisotopic (exact) mass is 421 g/mol. The molecule has 1 heterocycles. The Morgan fingerprint density at radius 2 is 1.50 bits per heavy atom. The quantitative estimate of drug-likeness (QED) is 0.328. The van der Waals surface area contributed by atoms with Gasteiger partial charge in [0.25, 0.3) is 5.56 Å². The first-order chi connectivity index (χ1) is 14.3. The lowest BCUT2D eigenvalue weighted by Gasteiger charge is -2.10. The van der Waals surface area contributed by atoms with Gasteiger partial charge in [0, 0.05) is 41.7 Å². The molecule has 0 saturated carbocycles. The smallest absolute Gasteiger partial charge is 0.257 e. The van der Waals surface area contributed by atoms with Crippen LogP contribution in [0, 0.1) is 13.8 Å². The van der Waals surface area contributed by atoms with Crippen LogP contribution in [-0.2, 0) is 19.3 Å². The average Bonchev–Trinajstić information content (AvgIpc) is 2.74. The van der Waals surface area contributed by atoms with Crippen LogP contribution in [0.3, 0.4) is 0 Å². The van der Waals surface area contributed by atoms with Crippen LogP contribution in [-0.4, -0.2) is 34.3 Å². The fraction of sp³-hybridized carbons (Fsp3) is 0.292. The minimum Gasteiger partial charge on any atom is -0.305 e. The molecule has 0 bridgehead atoms. The molecular formula is C24H27N3O2S. The van der Waals surface area contributed by atoms with Crippen LogP contribution in [0.1, 0.15) is 38.3 Å². The Balaban J connectivity index is 1.68. The van der Waals surface area contributed by atoms with Crippen molar-refractivity contribution in [2.75, 3.05) is 14.1 Å². The van der Waals surface area contributed by atoms with E-state index in [-0.39, 0.29) is 11.3 Å². The molecule has 0 radical (unpaired) electrons. The van der Waals surface area contributed by atoms with Gasteiger partial charge in [0.05, 0.1) is 0 Å². The van der Waals surface area contributed by atoms with E-state index >= 15 is 0 Å². The summed E-state index contributed by atoms with van der Waals surface area (Å²) in [4.78, 5) is 31.6. The van der Waals surface area contributed by atoms with Gasteiger partial charge in [0.15, 0.2) is 10.9 Å². The lowest BCUT2D eigenvalue weighted by atomic mass is 10.0. The van der Waals surface area contributed by atoms with Crippen LogP contribution in [0.25, 0.3) is 0 Å². The summed E-state index contributed by atoms with van der Waals surface area (Å²) in [6.07, 6.45) is 0. The Kier molecular flexibility index (Phi) is 6.90. The van der Waals surface area contributed by atoms with Crippen LogP contribution in [0.2, 0.25) is 0 Å². The van der Waals surface area contributed by atoms with Crippen molar-refractivity contribution < 1.29 is 4.79 Å². The molecule has 0 atom stereocenters. The molecule has 0 aliphatic carbocycles. The number of hydrogen-bond donors (Lipinski definition) is 0. The number of carbonyl (C=O) groups excluding carboxylic acids is 1. The lowest BCUT2D eigenvalue weighted by molar-refractivity contribution is 0.103. The van der Waals surface area contributed by atoms with Crippen molar-refractivity contribution in [1.29, 1.82) is 0 Å². The van der Waals surface area contributed by atoms with Gasteiger partial charge in [-0.25, -0.2) is 4.98 Å². The van der Waals surface area contributed by atoms with Gasteiger partial charge in [-0.1, -0.05) is 60.3 Å². The highest BCUT2D eigenvalue weighted by Gasteiger charge is 2.11. The van der Waals surface area contributed by atoms with Crippen molar-refractivity contribution in [1.82, 2.24) is 14.5 Å². The molecule has 0 aliphatic rings. The van der Waals surface area contributed by atoms with E-state index in [1.807, 2.05) is 69.6 Å². The Bertz CT molecular complexity index is 1100. The second kappa shape index (κ2) is 9.41. The first kappa shape index (κ1) is 22.0. The highest BCUT2D eigenvalue weighted by Crippen LogP contribution is 2.21. The van der Waals surface area contributed by atoms with Crippen LogP contribution < -0.4 is 5.56 Å². The van der Waals surface area contributed by atoms with Gasteiger partial charge in [-0.2, -0.15) is 0 Å². The molecule has 30 heavy (non-hydrogen) atoms. The predicted molar refractivity (Wildman–Crippen MR) is 122 cm³/mol. The summed E-state index contributed by atoms with van der Waals surface area (Å²) in [7, 11) is 5.79. The van der Waals surface area contributed by atoms with E-state index in [9.17, 15) is 9.59 Å². The Morgan fingerprint density at radius 1 is 0.967 bits per heavy atom. The van der Waals surface area contributed by atoms with Gasteiger partial charge in [-0.05, 0) is 39.1 Å². The molecule has 5 nitrogen and oxygen atoms in total. The number of rotatable bonds is 7. The van der Waals surface area contributed by atoms with Gasteiger partial charge in [0.2, 0.25) is 0 Å². The fourth-order valence-corrected chi connectivity index (χ4v) is 4.08. The maximum absolute atomic E-state index is 12.8. The summed E-state index contributed by atoms with van der Waals surface area (Å²) in [6, 6.07) is 15.4. The summed E-state index contributed by atoms with van der Waals surface area (Å²) in [5.41, 5.74) is 5.04. The predicted octanol–water partition coefficient (Wildman–Crippen LogP) is 3.98. The zero-order valence-electron chi connectivity index (χ0n) is 18.1. The van der Waals surface area contributed by atoms with Crippen LogP contribution in [0.4, 0.5) is 0 Å². The number of ketones is 1. The summed E-state index contributed by atoms with van der Waals surface area (Å²) in [5.74, 6) is 0.695. The first-order valence-corrected chi connectivity index (χ1v) is 10.8. The number of benzene rings is 2. The number of hydrogen-bond acceptors (Lipinski definition) is 5. The molecule has 1 aromatic heterocycles. The maximum Gasteiger partial charge on any atom is 0.257 e. The number of nitrogens with zero attached hydrogens (tertiary/aromatic N) is 3. The molecule has 3 rings (SSSR count). The second-order valence-electron chi connectivity index (χ2n) is 7.72. The van der Waals surface area contributed by atoms with E-state index in [4.69, 9.17) is 0 Å². The van der Waals surface area contributed by atoms with Gasteiger partial charge >= 0.3 is 0 Å². The zero-order chi connectivity index (χ0) is 21.8. The summed E-state index contributed by atoms with van der Waals surface area (Å²) in [6.45, 7) is 4.50. The number of thioether (sulfide) groups is 1. The highest BCUT2D eigenvalue weighted by molar-refractivity contribution is 7.98. The van der Waals surface area contributed by atoms with Crippen LogP contribution in [0.15, 0.2) is 58.5 Å². The summed E-state index contributed by atoms with van der Waals surface area (Å²) >= 11 is 1.52. The highest BCUT2D eigenvalue weighted by atomic mass is 32.2. The van der Waals surface area contributed by atoms with E-state index in [0.29, 0.717) is 27.6 Å². The normalized spacial score (nSPS) is 11.1. The fourth-order valence-electron chi connectivity index (χ4n) is 3.12. The topological polar surface area (TPSA) is 55.2 Å². The Morgan fingerprint density at radius 3 is 2.03 bits per heavy atom. The van der Waals surface area contributed by atoms with Crippen molar-refractivity contribution in [2.24, 2.45) is 7.05 Å². The molecule has 0 saturated heterocycles. The molecule has 0 N–H and O–H groups in total. The van der Waals surface area contributed by atoms with Crippen molar-refractivity contribution in [3.8, 4) is 0 Å². The van der Waals surface area contributed by atoms with Crippen molar-refractivity contribution in [3.05, 3.63) is 92.4 Å². The molecule has 0 spiro atoms. The third kappa shape index (κ3) is 5.07. The van der Waals surface area contributed by atoms with Crippen LogP contribution in [0.5, 0.6) is 0 Å². The molecule has 6 heteroatoms. The maximum atomic E-state index is 12.8. The molecule has 2 aromatic carbocycles. The second-order valence-corrected chi connectivity index (χ2v) is 8.66. The molecule has 0 aliphatic heterocycles. The van der Waals surface area contributed by atoms with E-state index in [1.54, 1.807) is 18.5 Å². The van der Waals surface area contributed by atoms with Gasteiger partial charge < -0.3 is 4.90 Å². The standard InChI is InChI=1S/C24H27N3O2S/c1-16-17(2)25-24(27(5)23(16)29)30-15-19-8-12-21(13-9-19)22(28)20-10-6-18(7-11-20)14-26(3)4/h6-13H,14-15H2,1-5H3. The summed E-state index contributed by atoms with van der Waals surface area (Å²) in [5, 5.41) is 0.695. The van der Waals surface area contributed by atoms with E-state index in [0.717, 1.165) is 17.8 Å². The third-order valence-corrected chi connectivity index (χ3v) is 6.12. The molecule has 0 unspecified atom stereocenters. The molecule has 156 valence electrons. The number of carbonyl (C=O) groups is 1. The minimum atomic E-state index is -0.0115. The van der Waals surface area contributed by atoms with E-state index < -0.39 is 0 Å². The van der Waals surface area contributed by atoms with E-state index in [1.165, 1.54) is 17.3 Å². The molecule has 3 aromatic rings. The molecule has 0 fully saturated rings. The summed E-state index contributed by atoms with van der Waals surface area (Å²) < 4.78 is 1.59. The van der Waals surface area contributed by atoms with Gasteiger partial charge in [-0.15, -0.1) is 0 Å². The first-order valence-electron chi connectivity index (χ1n) is 9.80. The average molecular weight is 422 g/mol. The lowest BCUT2D eigenvalue weighted by Crippen LogP contribution is -2.23. The van der Waals surface area contributed by atoms with E-state index in [2.05, 4.69) is 9.88 Å². The van der Waals surface area contributed by atoms with Gasteiger partial charge in [-0.3, -0.25) is 14.2 Å².